The van der Waals surface area contributed by atoms with Gasteiger partial charge in [0.1, 0.15) is 18.5 Å². The first kappa shape index (κ1) is 16.3. The van der Waals surface area contributed by atoms with E-state index in [1.54, 1.807) is 0 Å². The Kier molecular flexibility index (Phi) is 8.42. The van der Waals surface area contributed by atoms with Gasteiger partial charge in [0.2, 0.25) is 5.91 Å². The van der Waals surface area contributed by atoms with E-state index in [1.807, 2.05) is 13.8 Å². The monoisotopic (exact) mass is 257 g/mol. The number of aromatic nitrogens is 2. The summed E-state index contributed by atoms with van der Waals surface area (Å²) in [5.74, 6) is 0.0658. The summed E-state index contributed by atoms with van der Waals surface area (Å²) in [4.78, 5) is 18.4. The smallest absolute Gasteiger partial charge is 0.318 e. The van der Waals surface area contributed by atoms with E-state index in [2.05, 4.69) is 15.3 Å². The van der Waals surface area contributed by atoms with E-state index in [1.165, 1.54) is 19.2 Å². The average Bonchev–Trinajstić information content (AvgIpc) is 2.38. The molecule has 1 aromatic rings. The molecule has 0 bridgehead atoms. The number of rotatable bonds is 5. The molecule has 0 aliphatic rings. The molecule has 0 aliphatic carbocycles. The Hall–Kier alpha value is -1.73. The first-order valence-corrected chi connectivity index (χ1v) is 5.64. The summed E-state index contributed by atoms with van der Waals surface area (Å²) in [7, 11) is 0. The molecule has 7 heteroatoms. The van der Waals surface area contributed by atoms with Crippen LogP contribution in [-0.4, -0.2) is 45.4 Å². The maximum atomic E-state index is 10.8. The second kappa shape index (κ2) is 9.32. The number of hydrogen-bond acceptors (Lipinski definition) is 6. The molecule has 0 aliphatic heterocycles. The van der Waals surface area contributed by atoms with Crippen LogP contribution in [0.25, 0.3) is 0 Å². The first-order valence-electron chi connectivity index (χ1n) is 5.64. The van der Waals surface area contributed by atoms with Crippen LogP contribution in [0, 0.1) is 0 Å². The lowest BCUT2D eigenvalue weighted by atomic mass is 10.4. The van der Waals surface area contributed by atoms with Crippen molar-refractivity contribution in [2.75, 3.05) is 18.5 Å². The van der Waals surface area contributed by atoms with E-state index in [0.717, 1.165) is 0 Å². The molecule has 1 aromatic heterocycles. The highest BCUT2D eigenvalue weighted by Gasteiger charge is 2.06. The molecule has 1 unspecified atom stereocenters. The van der Waals surface area contributed by atoms with Crippen molar-refractivity contribution in [2.24, 2.45) is 0 Å². The van der Waals surface area contributed by atoms with Gasteiger partial charge in [0.15, 0.2) is 0 Å². The molecule has 102 valence electrons. The van der Waals surface area contributed by atoms with Gasteiger partial charge in [-0.15, -0.1) is 0 Å². The van der Waals surface area contributed by atoms with Gasteiger partial charge in [0, 0.05) is 13.1 Å². The molecule has 3 N–H and O–H groups in total. The van der Waals surface area contributed by atoms with Crippen LogP contribution in [0.3, 0.4) is 0 Å². The Morgan fingerprint density at radius 3 is 2.78 bits per heavy atom. The number of aliphatic hydroxyl groups excluding tert-OH is 2. The van der Waals surface area contributed by atoms with Gasteiger partial charge in [-0.3, -0.25) is 4.79 Å². The maximum Gasteiger partial charge on any atom is 0.318 e. The van der Waals surface area contributed by atoms with E-state index in [0.29, 0.717) is 5.82 Å². The maximum absolute atomic E-state index is 10.8. The molecule has 18 heavy (non-hydrogen) atoms. The molecule has 0 radical (unpaired) electrons. The molecule has 0 aromatic carbocycles. The zero-order valence-corrected chi connectivity index (χ0v) is 10.8. The molecular formula is C11H19N3O4. The second-order valence-electron chi connectivity index (χ2n) is 3.05. The number of nitrogens with zero attached hydrogens (tertiary/aromatic N) is 2. The Balaban J connectivity index is 0.00000137. The van der Waals surface area contributed by atoms with Crippen molar-refractivity contribution < 1.29 is 19.7 Å². The minimum Gasteiger partial charge on any atom is -0.461 e. The number of anilines is 1. The van der Waals surface area contributed by atoms with Gasteiger partial charge in [-0.05, 0) is 6.07 Å². The van der Waals surface area contributed by atoms with Crippen molar-refractivity contribution in [1.29, 1.82) is 0 Å². The first-order chi connectivity index (χ1) is 8.61. The Morgan fingerprint density at radius 2 is 2.22 bits per heavy atom. The molecule has 1 rings (SSSR count). The van der Waals surface area contributed by atoms with Crippen LogP contribution in [0.4, 0.5) is 5.82 Å². The molecule has 0 fully saturated rings. The van der Waals surface area contributed by atoms with E-state index in [9.17, 15) is 4.79 Å². The van der Waals surface area contributed by atoms with E-state index in [4.69, 9.17) is 14.9 Å². The molecular weight excluding hydrogens is 238 g/mol. The largest absolute Gasteiger partial charge is 0.461 e. The summed E-state index contributed by atoms with van der Waals surface area (Å²) in [6, 6.07) is 1.54. The molecule has 1 atom stereocenters. The molecule has 7 nitrogen and oxygen atoms in total. The molecule has 0 saturated carbocycles. The standard InChI is InChI=1S/C9H13N3O4.C2H6/c1-6(14)11-8-2-3-10-9(12-8)16-5-7(15)4-13;1-2/h2-3,7,13,15H,4-5H2,1H3,(H,10,11,12,14);1-2H3. The third kappa shape index (κ3) is 6.77. The lowest BCUT2D eigenvalue weighted by Crippen LogP contribution is -2.22. The van der Waals surface area contributed by atoms with Crippen LogP contribution in [0.2, 0.25) is 0 Å². The fourth-order valence-electron chi connectivity index (χ4n) is 0.884. The van der Waals surface area contributed by atoms with Gasteiger partial charge < -0.3 is 20.3 Å². The highest BCUT2D eigenvalue weighted by atomic mass is 16.5. The van der Waals surface area contributed by atoms with Crippen molar-refractivity contribution in [3.63, 3.8) is 0 Å². The average molecular weight is 257 g/mol. The highest BCUT2D eigenvalue weighted by Crippen LogP contribution is 2.07. The molecule has 1 heterocycles. The summed E-state index contributed by atoms with van der Waals surface area (Å²) < 4.78 is 5.00. The zero-order chi connectivity index (χ0) is 14.0. The van der Waals surface area contributed by atoms with Crippen molar-refractivity contribution in [1.82, 2.24) is 9.97 Å². The molecule has 0 saturated heterocycles. The van der Waals surface area contributed by atoms with Gasteiger partial charge in [-0.1, -0.05) is 13.8 Å². The number of carbonyl (C=O) groups excluding carboxylic acids is 1. The lowest BCUT2D eigenvalue weighted by Gasteiger charge is -2.08. The van der Waals surface area contributed by atoms with Crippen LogP contribution in [0.5, 0.6) is 6.01 Å². The summed E-state index contributed by atoms with van der Waals surface area (Å²) in [6.07, 6.45) is 0.437. The number of nitrogens with one attached hydrogen (secondary N) is 1. The zero-order valence-electron chi connectivity index (χ0n) is 10.8. The van der Waals surface area contributed by atoms with Crippen LogP contribution in [0.1, 0.15) is 20.8 Å². The normalized spacial score (nSPS) is 10.9. The van der Waals surface area contributed by atoms with Crippen molar-refractivity contribution in [3.8, 4) is 6.01 Å². The number of carbonyl (C=O) groups is 1. The van der Waals surface area contributed by atoms with E-state index < -0.39 is 12.7 Å². The van der Waals surface area contributed by atoms with Gasteiger partial charge in [0.05, 0.1) is 6.61 Å². The highest BCUT2D eigenvalue weighted by molar-refractivity contribution is 5.87. The second-order valence-corrected chi connectivity index (χ2v) is 3.05. The molecule has 0 spiro atoms. The SMILES string of the molecule is CC.CC(=O)Nc1ccnc(OCC(O)CO)n1. The van der Waals surface area contributed by atoms with Crippen molar-refractivity contribution in [3.05, 3.63) is 12.3 Å². The minimum absolute atomic E-state index is 0.0266. The van der Waals surface area contributed by atoms with Gasteiger partial charge in [-0.2, -0.15) is 4.98 Å². The van der Waals surface area contributed by atoms with Crippen LogP contribution in [0.15, 0.2) is 12.3 Å². The van der Waals surface area contributed by atoms with E-state index in [-0.39, 0.29) is 18.5 Å². The van der Waals surface area contributed by atoms with Crippen molar-refractivity contribution >= 4 is 11.7 Å². The predicted octanol–water partition coefficient (Wildman–Crippen LogP) is 0.193. The quantitative estimate of drug-likeness (QED) is 0.695. The molecule has 1 amide bonds. The fourth-order valence-corrected chi connectivity index (χ4v) is 0.884. The Bertz CT molecular complexity index is 360. The number of hydrogen-bond donors (Lipinski definition) is 3. The fraction of sp³-hybridized carbons (Fsp3) is 0.545. The van der Waals surface area contributed by atoms with E-state index >= 15 is 0 Å². The predicted molar refractivity (Wildman–Crippen MR) is 66.3 cm³/mol. The topological polar surface area (TPSA) is 105 Å². The Labute approximate surface area is 106 Å². The van der Waals surface area contributed by atoms with Crippen LogP contribution >= 0.6 is 0 Å². The number of aliphatic hydroxyl groups is 2. The number of amides is 1. The summed E-state index contributed by atoms with van der Waals surface area (Å²) in [6.45, 7) is 4.85. The summed E-state index contributed by atoms with van der Waals surface area (Å²) >= 11 is 0. The Morgan fingerprint density at radius 1 is 1.56 bits per heavy atom. The van der Waals surface area contributed by atoms with Crippen LogP contribution in [-0.2, 0) is 4.79 Å². The third-order valence-corrected chi connectivity index (χ3v) is 1.55. The lowest BCUT2D eigenvalue weighted by molar-refractivity contribution is -0.114. The van der Waals surface area contributed by atoms with Crippen LogP contribution < -0.4 is 10.1 Å². The van der Waals surface area contributed by atoms with Gasteiger partial charge in [0.25, 0.3) is 0 Å². The van der Waals surface area contributed by atoms with Gasteiger partial charge in [-0.25, -0.2) is 4.98 Å². The third-order valence-electron chi connectivity index (χ3n) is 1.55. The minimum atomic E-state index is -0.979. The van der Waals surface area contributed by atoms with Gasteiger partial charge >= 0.3 is 6.01 Å². The summed E-state index contributed by atoms with van der Waals surface area (Å²) in [5, 5.41) is 20.1. The summed E-state index contributed by atoms with van der Waals surface area (Å²) in [5.41, 5.74) is 0. The van der Waals surface area contributed by atoms with Crippen molar-refractivity contribution in [2.45, 2.75) is 26.9 Å². The number of ether oxygens (including phenoxy) is 1.